The number of likely N-dealkylation sites (N-methyl/N-ethyl adjacent to an activating group) is 1. The molecule has 1 N–H and O–H groups in total. The van der Waals surface area contributed by atoms with Gasteiger partial charge in [-0.2, -0.15) is 0 Å². The van der Waals surface area contributed by atoms with Gasteiger partial charge < -0.3 is 29.3 Å². The van der Waals surface area contributed by atoms with Crippen molar-refractivity contribution in [2.45, 2.75) is 89.1 Å². The fourth-order valence-corrected chi connectivity index (χ4v) is 8.47. The molecule has 1 spiro atoms. The van der Waals surface area contributed by atoms with E-state index in [4.69, 9.17) is 9.47 Å². The fraction of sp³-hybridized carbons (Fsp3) is 0.500. The number of rotatable bonds is 16. The number of aromatic nitrogens is 3. The molecule has 0 radical (unpaired) electrons. The zero-order valence-electron chi connectivity index (χ0n) is 30.9. The number of nitrogens with zero attached hydrogens (tertiary/aromatic N) is 6. The van der Waals surface area contributed by atoms with Crippen LogP contribution in [-0.4, -0.2) is 109 Å². The summed E-state index contributed by atoms with van der Waals surface area (Å²) in [6.45, 7) is 13.0. The molecule has 4 heterocycles. The maximum absolute atomic E-state index is 15.0. The van der Waals surface area contributed by atoms with Crippen molar-refractivity contribution in [1.82, 2.24) is 29.7 Å². The van der Waals surface area contributed by atoms with Crippen molar-refractivity contribution in [2.75, 3.05) is 20.2 Å². The summed E-state index contributed by atoms with van der Waals surface area (Å²) in [6, 6.07) is 14.2. The number of esters is 1. The second-order valence-corrected chi connectivity index (χ2v) is 14.7. The summed E-state index contributed by atoms with van der Waals surface area (Å²) in [7, 11) is 1.68. The number of amides is 3. The van der Waals surface area contributed by atoms with Gasteiger partial charge in [-0.25, -0.2) is 4.68 Å². The zero-order valence-corrected chi connectivity index (χ0v) is 30.9. The molecule has 0 unspecified atom stereocenters. The van der Waals surface area contributed by atoms with Gasteiger partial charge in [-0.1, -0.05) is 73.7 Å². The summed E-state index contributed by atoms with van der Waals surface area (Å²) in [5, 5.41) is 19.2. The van der Waals surface area contributed by atoms with Crippen LogP contribution in [0.4, 0.5) is 0 Å². The van der Waals surface area contributed by atoms with E-state index in [1.54, 1.807) is 33.7 Å². The first kappa shape index (κ1) is 37.9. The van der Waals surface area contributed by atoms with Crippen LogP contribution in [0.5, 0.6) is 0 Å². The highest BCUT2D eigenvalue weighted by Crippen LogP contribution is 2.59. The summed E-state index contributed by atoms with van der Waals surface area (Å²) >= 11 is 0. The van der Waals surface area contributed by atoms with E-state index >= 15 is 0 Å². The Morgan fingerprint density at radius 2 is 1.81 bits per heavy atom. The summed E-state index contributed by atoms with van der Waals surface area (Å²) in [5.74, 6) is -3.82. The Hall–Kier alpha value is -4.88. The van der Waals surface area contributed by atoms with E-state index in [2.05, 4.69) is 23.5 Å². The number of allylic oxidation sites excluding steroid dienone is 1. The summed E-state index contributed by atoms with van der Waals surface area (Å²) in [6.07, 6.45) is 3.37. The van der Waals surface area contributed by atoms with Gasteiger partial charge in [0.05, 0.1) is 42.1 Å². The molecule has 13 nitrogen and oxygen atoms in total. The first-order valence-electron chi connectivity index (χ1n) is 18.4. The maximum Gasteiger partial charge on any atom is 0.313 e. The number of carbonyl (C=O) groups is 4. The third-order valence-corrected chi connectivity index (χ3v) is 11.3. The third-order valence-electron chi connectivity index (χ3n) is 11.3. The van der Waals surface area contributed by atoms with Crippen molar-refractivity contribution in [1.29, 1.82) is 0 Å². The smallest absolute Gasteiger partial charge is 0.313 e. The Morgan fingerprint density at radius 3 is 2.49 bits per heavy atom. The van der Waals surface area contributed by atoms with Gasteiger partial charge in [-0.3, -0.25) is 19.2 Å². The molecule has 282 valence electrons. The lowest BCUT2D eigenvalue weighted by atomic mass is 9.70. The van der Waals surface area contributed by atoms with Crippen LogP contribution in [0.3, 0.4) is 0 Å². The van der Waals surface area contributed by atoms with Crippen molar-refractivity contribution < 1.29 is 33.8 Å². The number of hydrogen-bond acceptors (Lipinski definition) is 9. The maximum atomic E-state index is 15.0. The fourth-order valence-electron chi connectivity index (χ4n) is 8.47. The van der Waals surface area contributed by atoms with Gasteiger partial charge >= 0.3 is 5.97 Å². The summed E-state index contributed by atoms with van der Waals surface area (Å²) in [5.41, 5.74) is 0.768. The van der Waals surface area contributed by atoms with E-state index in [0.717, 1.165) is 5.52 Å². The van der Waals surface area contributed by atoms with Crippen LogP contribution in [0, 0.1) is 17.8 Å². The predicted molar refractivity (Wildman–Crippen MR) is 197 cm³/mol. The first-order chi connectivity index (χ1) is 25.5. The van der Waals surface area contributed by atoms with E-state index in [9.17, 15) is 24.3 Å². The van der Waals surface area contributed by atoms with Gasteiger partial charge in [0.2, 0.25) is 17.7 Å². The number of fused-ring (bicyclic) bond motifs is 2. The minimum atomic E-state index is -1.33. The topological polar surface area (TPSA) is 147 Å². The van der Waals surface area contributed by atoms with Crippen LogP contribution >= 0.6 is 0 Å². The second kappa shape index (κ2) is 15.6. The third kappa shape index (κ3) is 6.76. The zero-order chi connectivity index (χ0) is 38.0. The van der Waals surface area contributed by atoms with Gasteiger partial charge in [-0.15, -0.1) is 18.3 Å². The Morgan fingerprint density at radius 1 is 1.09 bits per heavy atom. The number of likely N-dealkylation sites (tertiary alicyclic amines) is 1. The lowest BCUT2D eigenvalue weighted by molar-refractivity contribution is -0.165. The van der Waals surface area contributed by atoms with Crippen molar-refractivity contribution in [3.8, 4) is 0 Å². The number of carbonyl (C=O) groups excluding carboxylic acids is 4. The largest absolute Gasteiger partial charge is 0.455 e. The van der Waals surface area contributed by atoms with Crippen molar-refractivity contribution in [3.05, 3.63) is 85.5 Å². The van der Waals surface area contributed by atoms with E-state index < -0.39 is 65.6 Å². The van der Waals surface area contributed by atoms with Gasteiger partial charge in [0.15, 0.2) is 0 Å². The van der Waals surface area contributed by atoms with E-state index in [1.165, 1.54) is 4.90 Å². The molecule has 8 atom stereocenters. The van der Waals surface area contributed by atoms with Gasteiger partial charge in [0, 0.05) is 20.0 Å². The quantitative estimate of drug-likeness (QED) is 0.172. The van der Waals surface area contributed by atoms with Gasteiger partial charge in [0.25, 0.3) is 0 Å². The van der Waals surface area contributed by atoms with Crippen LogP contribution < -0.4 is 0 Å². The molecule has 53 heavy (non-hydrogen) atoms. The monoisotopic (exact) mass is 726 g/mol. The highest BCUT2D eigenvalue weighted by Gasteiger charge is 2.76. The Balaban J connectivity index is 1.35. The molecule has 2 aromatic carbocycles. The van der Waals surface area contributed by atoms with Crippen LogP contribution in [0.15, 0.2) is 79.9 Å². The normalized spacial score (nSPS) is 24.9. The van der Waals surface area contributed by atoms with Crippen molar-refractivity contribution in [2.24, 2.45) is 17.8 Å². The molecule has 3 aliphatic heterocycles. The highest BCUT2D eigenvalue weighted by molar-refractivity contribution is 5.98. The van der Waals surface area contributed by atoms with E-state index in [1.807, 2.05) is 75.4 Å². The van der Waals surface area contributed by atoms with E-state index in [0.29, 0.717) is 30.3 Å². The molecule has 3 fully saturated rings. The summed E-state index contributed by atoms with van der Waals surface area (Å²) in [4.78, 5) is 62.0. The lowest BCUT2D eigenvalue weighted by Gasteiger charge is -2.40. The number of aliphatic hydroxyl groups is 1. The molecule has 3 saturated heterocycles. The molecule has 6 rings (SSSR count). The molecule has 3 aromatic rings. The Bertz CT molecular complexity index is 1850. The van der Waals surface area contributed by atoms with Crippen LogP contribution in [-0.2, 0) is 35.3 Å². The SMILES string of the molecule is C=CCCC(=O)N(C)[C@@H](C)[C@@H](OC(=O)[C@@H]1[C@@H]2CC[C@]3(O2)[C@H](C(=O)N(CC=C)Cn2nnc4ccccc42)N([C@@H](CO)C(C)C)C(=O)[C@@H]13)c1ccccc1. The number of aliphatic hydroxyl groups excluding tert-OH is 1. The minimum absolute atomic E-state index is 0.0285. The summed E-state index contributed by atoms with van der Waals surface area (Å²) < 4.78 is 14.7. The minimum Gasteiger partial charge on any atom is -0.455 e. The van der Waals surface area contributed by atoms with Crippen LogP contribution in [0.25, 0.3) is 11.0 Å². The Labute approximate surface area is 310 Å². The molecule has 1 aromatic heterocycles. The van der Waals surface area contributed by atoms with E-state index in [-0.39, 0.29) is 38.1 Å². The highest BCUT2D eigenvalue weighted by atomic mass is 16.6. The lowest BCUT2D eigenvalue weighted by Crippen LogP contribution is -2.59. The molecule has 3 aliphatic rings. The number of hydrogen-bond donors (Lipinski definition) is 1. The molecule has 0 aliphatic carbocycles. The molecule has 3 amide bonds. The molecular weight excluding hydrogens is 676 g/mol. The number of para-hydroxylation sites is 1. The average Bonchev–Trinajstić information content (AvgIpc) is 3.92. The van der Waals surface area contributed by atoms with Crippen molar-refractivity contribution in [3.63, 3.8) is 0 Å². The second-order valence-electron chi connectivity index (χ2n) is 14.7. The average molecular weight is 727 g/mol. The number of ether oxygens (including phenoxy) is 2. The standard InChI is InChI=1S/C40H50N6O7/c1-7-9-19-32(48)43(6)26(5)35(27-15-11-10-12-16-27)52-39(51)33-31-20-21-40(53-31)34(33)37(49)46(30(23-47)25(3)4)36(40)38(50)44(22-8-2)24-45-29-18-14-13-17-28(29)41-42-45/h7-8,10-18,25-26,30-31,33-36,47H,1-2,9,19-24H2,3-6H3/t26-,30-,31-,33+,34+,35+,36-,40+/m0/s1. The molecular formula is C40H50N6O7. The Kier molecular flexibility index (Phi) is 11.2. The van der Waals surface area contributed by atoms with Gasteiger partial charge in [0.1, 0.15) is 29.9 Å². The number of benzene rings is 2. The first-order valence-corrected chi connectivity index (χ1v) is 18.4. The predicted octanol–water partition coefficient (Wildman–Crippen LogP) is 3.89. The molecule has 13 heteroatoms. The van der Waals surface area contributed by atoms with Crippen molar-refractivity contribution >= 4 is 34.7 Å². The molecule has 2 bridgehead atoms. The van der Waals surface area contributed by atoms with Crippen LogP contribution in [0.1, 0.15) is 58.1 Å². The van der Waals surface area contributed by atoms with Crippen LogP contribution in [0.2, 0.25) is 0 Å². The van der Waals surface area contributed by atoms with Gasteiger partial charge in [-0.05, 0) is 49.8 Å². The molecule has 0 saturated carbocycles.